The maximum atomic E-state index is 9.73. The maximum Gasteiger partial charge on any atom is 0.120 e. The molecule has 3 aromatic rings. The molecule has 2 heterocycles. The van der Waals surface area contributed by atoms with E-state index < -0.39 is 0 Å². The molecule has 32 heavy (non-hydrogen) atoms. The Kier molecular flexibility index (Phi) is 7.26. The standard InChI is InChI=1S/C27H31N3O2/c1-2-21-18-30(24(16-28)14-22(21)11-13-31)12-10-23-17-29-27-9-8-25(15-26(23)27)32-19-20-6-4-3-5-7-20/h3-9,15,17,24,29,31H,2,10-14,18-19H2,1H3. The van der Waals surface area contributed by atoms with Gasteiger partial charge in [-0.2, -0.15) is 5.26 Å². The molecule has 4 rings (SSSR count). The van der Waals surface area contributed by atoms with Crippen molar-refractivity contribution in [3.05, 3.63) is 77.0 Å². The number of aliphatic hydroxyl groups excluding tert-OH is 1. The molecule has 1 unspecified atom stereocenters. The van der Waals surface area contributed by atoms with E-state index in [2.05, 4.69) is 53.3 Å². The van der Waals surface area contributed by atoms with Crippen LogP contribution in [0, 0.1) is 11.3 Å². The molecule has 0 spiro atoms. The Labute approximate surface area is 189 Å². The molecule has 0 amide bonds. The second kappa shape index (κ2) is 10.5. The zero-order valence-corrected chi connectivity index (χ0v) is 18.7. The van der Waals surface area contributed by atoms with Crippen LogP contribution in [0.25, 0.3) is 10.9 Å². The topological polar surface area (TPSA) is 72.3 Å². The van der Waals surface area contributed by atoms with Crippen LogP contribution >= 0.6 is 0 Å². The van der Waals surface area contributed by atoms with E-state index in [1.165, 1.54) is 22.1 Å². The molecule has 0 saturated carbocycles. The fourth-order valence-corrected chi connectivity index (χ4v) is 4.57. The van der Waals surface area contributed by atoms with Crippen LogP contribution in [-0.4, -0.2) is 40.7 Å². The van der Waals surface area contributed by atoms with Gasteiger partial charge in [0.2, 0.25) is 0 Å². The summed E-state index contributed by atoms with van der Waals surface area (Å²) in [5.74, 6) is 0.861. The Hall–Kier alpha value is -3.07. The molecule has 2 N–H and O–H groups in total. The first-order valence-corrected chi connectivity index (χ1v) is 11.4. The van der Waals surface area contributed by atoms with E-state index in [-0.39, 0.29) is 12.6 Å². The van der Waals surface area contributed by atoms with Crippen molar-refractivity contribution in [3.63, 3.8) is 0 Å². The minimum atomic E-state index is -0.123. The molecule has 0 radical (unpaired) electrons. The third kappa shape index (κ3) is 5.04. The summed E-state index contributed by atoms with van der Waals surface area (Å²) in [7, 11) is 0. The second-order valence-electron chi connectivity index (χ2n) is 8.40. The summed E-state index contributed by atoms with van der Waals surface area (Å²) in [4.78, 5) is 5.66. The van der Waals surface area contributed by atoms with Gasteiger partial charge in [-0.25, -0.2) is 0 Å². The lowest BCUT2D eigenvalue weighted by Crippen LogP contribution is -2.41. The van der Waals surface area contributed by atoms with Gasteiger partial charge in [0.25, 0.3) is 0 Å². The van der Waals surface area contributed by atoms with Crippen LogP contribution < -0.4 is 4.74 Å². The first-order valence-electron chi connectivity index (χ1n) is 11.4. The second-order valence-corrected chi connectivity index (χ2v) is 8.40. The quantitative estimate of drug-likeness (QED) is 0.471. The Morgan fingerprint density at radius 1 is 1.16 bits per heavy atom. The van der Waals surface area contributed by atoms with Gasteiger partial charge in [0.05, 0.1) is 6.07 Å². The number of ether oxygens (including phenoxy) is 1. The molecule has 0 fully saturated rings. The number of benzene rings is 2. The van der Waals surface area contributed by atoms with Gasteiger partial charge in [0.1, 0.15) is 18.4 Å². The summed E-state index contributed by atoms with van der Waals surface area (Å²) in [6.07, 6.45) is 5.34. The number of nitriles is 1. The summed E-state index contributed by atoms with van der Waals surface area (Å²) in [5, 5.41) is 20.3. The lowest BCUT2D eigenvalue weighted by Gasteiger charge is -2.34. The molecule has 1 aromatic heterocycles. The monoisotopic (exact) mass is 429 g/mol. The first kappa shape index (κ1) is 22.1. The van der Waals surface area contributed by atoms with Gasteiger partial charge in [0, 0.05) is 36.8 Å². The number of fused-ring (bicyclic) bond motifs is 1. The highest BCUT2D eigenvalue weighted by atomic mass is 16.5. The number of hydrogen-bond donors (Lipinski definition) is 2. The van der Waals surface area contributed by atoms with Crippen molar-refractivity contribution in [2.45, 2.75) is 45.3 Å². The van der Waals surface area contributed by atoms with Gasteiger partial charge in [0.15, 0.2) is 0 Å². The average Bonchev–Trinajstić information content (AvgIpc) is 3.24. The molecule has 166 valence electrons. The van der Waals surface area contributed by atoms with Crippen molar-refractivity contribution in [3.8, 4) is 11.8 Å². The average molecular weight is 430 g/mol. The van der Waals surface area contributed by atoms with Gasteiger partial charge >= 0.3 is 0 Å². The van der Waals surface area contributed by atoms with Crippen LogP contribution in [0.15, 0.2) is 65.9 Å². The van der Waals surface area contributed by atoms with E-state index in [4.69, 9.17) is 4.74 Å². The summed E-state index contributed by atoms with van der Waals surface area (Å²) in [6.45, 7) is 4.51. The van der Waals surface area contributed by atoms with Crippen LogP contribution in [0.5, 0.6) is 5.75 Å². The molecule has 0 saturated heterocycles. The van der Waals surface area contributed by atoms with E-state index in [0.717, 1.165) is 49.2 Å². The molecule has 1 atom stereocenters. The Morgan fingerprint density at radius 3 is 2.75 bits per heavy atom. The zero-order chi connectivity index (χ0) is 22.3. The van der Waals surface area contributed by atoms with Crippen molar-refractivity contribution >= 4 is 10.9 Å². The highest BCUT2D eigenvalue weighted by Crippen LogP contribution is 2.29. The van der Waals surface area contributed by atoms with Crippen LogP contribution in [0.4, 0.5) is 0 Å². The molecule has 5 nitrogen and oxygen atoms in total. The van der Waals surface area contributed by atoms with Crippen molar-refractivity contribution in [1.82, 2.24) is 9.88 Å². The number of nitrogens with zero attached hydrogens (tertiary/aromatic N) is 2. The summed E-state index contributed by atoms with van der Waals surface area (Å²) < 4.78 is 6.02. The SMILES string of the molecule is CCC1=C(CCO)CC(C#N)N(CCc2c[nH]c3ccc(OCc4ccccc4)cc23)C1. The zero-order valence-electron chi connectivity index (χ0n) is 18.7. The smallest absolute Gasteiger partial charge is 0.120 e. The normalized spacial score (nSPS) is 17.0. The van der Waals surface area contributed by atoms with Gasteiger partial charge in [-0.05, 0) is 55.0 Å². The number of aliphatic hydroxyl groups is 1. The fraction of sp³-hybridized carbons (Fsp3) is 0.370. The first-order chi connectivity index (χ1) is 15.7. The molecule has 1 aliphatic rings. The lowest BCUT2D eigenvalue weighted by atomic mass is 9.91. The Balaban J connectivity index is 1.45. The third-order valence-corrected chi connectivity index (χ3v) is 6.42. The number of nitrogens with one attached hydrogen (secondary N) is 1. The molecular weight excluding hydrogens is 398 g/mol. The predicted octanol–water partition coefficient (Wildman–Crippen LogP) is 4.98. The minimum Gasteiger partial charge on any atom is -0.489 e. The van der Waals surface area contributed by atoms with E-state index in [9.17, 15) is 10.4 Å². The number of H-pyrrole nitrogens is 1. The van der Waals surface area contributed by atoms with E-state index in [1.807, 2.05) is 24.3 Å². The van der Waals surface area contributed by atoms with Gasteiger partial charge in [-0.3, -0.25) is 4.90 Å². The number of rotatable bonds is 9. The summed E-state index contributed by atoms with van der Waals surface area (Å²) >= 11 is 0. The third-order valence-electron chi connectivity index (χ3n) is 6.42. The van der Waals surface area contributed by atoms with Crippen molar-refractivity contribution in [2.75, 3.05) is 19.7 Å². The Bertz CT molecular complexity index is 1110. The highest BCUT2D eigenvalue weighted by molar-refractivity contribution is 5.84. The van der Waals surface area contributed by atoms with Crippen LogP contribution in [0.1, 0.15) is 37.3 Å². The summed E-state index contributed by atoms with van der Waals surface area (Å²) in [6, 6.07) is 18.7. The molecular formula is C27H31N3O2. The van der Waals surface area contributed by atoms with E-state index >= 15 is 0 Å². The van der Waals surface area contributed by atoms with E-state index in [0.29, 0.717) is 13.0 Å². The lowest BCUT2D eigenvalue weighted by molar-refractivity contribution is 0.229. The fourth-order valence-electron chi connectivity index (χ4n) is 4.57. The number of hydrogen-bond acceptors (Lipinski definition) is 4. The highest BCUT2D eigenvalue weighted by Gasteiger charge is 2.26. The molecule has 2 aromatic carbocycles. The van der Waals surface area contributed by atoms with Gasteiger partial charge < -0.3 is 14.8 Å². The Morgan fingerprint density at radius 2 is 2.00 bits per heavy atom. The number of aromatic nitrogens is 1. The van der Waals surface area contributed by atoms with E-state index in [1.54, 1.807) is 0 Å². The predicted molar refractivity (Wildman–Crippen MR) is 127 cm³/mol. The van der Waals surface area contributed by atoms with Crippen LogP contribution in [0.3, 0.4) is 0 Å². The maximum absolute atomic E-state index is 9.73. The van der Waals surface area contributed by atoms with Crippen molar-refractivity contribution < 1.29 is 9.84 Å². The minimum absolute atomic E-state index is 0.123. The molecule has 5 heteroatoms. The van der Waals surface area contributed by atoms with Crippen molar-refractivity contribution in [1.29, 1.82) is 5.26 Å². The molecule has 1 aliphatic heterocycles. The van der Waals surface area contributed by atoms with Crippen LogP contribution in [0.2, 0.25) is 0 Å². The van der Waals surface area contributed by atoms with Crippen molar-refractivity contribution in [2.24, 2.45) is 0 Å². The molecule has 0 bridgehead atoms. The van der Waals surface area contributed by atoms with Gasteiger partial charge in [-0.1, -0.05) is 48.4 Å². The van der Waals surface area contributed by atoms with Crippen LogP contribution in [-0.2, 0) is 13.0 Å². The number of aromatic amines is 1. The molecule has 0 aliphatic carbocycles. The largest absolute Gasteiger partial charge is 0.489 e. The van der Waals surface area contributed by atoms with Gasteiger partial charge in [-0.15, -0.1) is 0 Å². The summed E-state index contributed by atoms with van der Waals surface area (Å²) in [5.41, 5.74) is 6.13.